The van der Waals surface area contributed by atoms with Gasteiger partial charge in [0.25, 0.3) is 0 Å². The van der Waals surface area contributed by atoms with E-state index in [1.807, 2.05) is 0 Å². The van der Waals surface area contributed by atoms with Crippen LogP contribution in [0.15, 0.2) is 165 Å². The Morgan fingerprint density at radius 2 is 1.29 bits per heavy atom. The van der Waals surface area contributed by atoms with Gasteiger partial charge in [0, 0.05) is 47.0 Å². The van der Waals surface area contributed by atoms with Gasteiger partial charge < -0.3 is 0 Å². The quantitative estimate of drug-likeness (QED) is 0.130. The zero-order chi connectivity index (χ0) is 39.9. The average Bonchev–Trinajstić information content (AvgIpc) is 3.35. The molecular weight excluding hydrogens is 703 g/mol. The van der Waals surface area contributed by atoms with Gasteiger partial charge in [-0.25, -0.2) is 0 Å². The normalized spacial score (nSPS) is 16.7. The van der Waals surface area contributed by atoms with Gasteiger partial charge in [0.2, 0.25) is 11.4 Å². The molecule has 0 spiro atoms. The van der Waals surface area contributed by atoms with Gasteiger partial charge in [-0.2, -0.15) is 9.13 Å². The van der Waals surface area contributed by atoms with Crippen molar-refractivity contribution in [3.8, 4) is 56.0 Å². The van der Waals surface area contributed by atoms with E-state index >= 15 is 0 Å². The molecule has 0 radical (unpaired) electrons. The molecule has 5 heterocycles. The number of aromatic nitrogens is 3. The standard InChI is InChI=1S/C55H49N3/c1-8-50-53-44-17-13-12-16-43(44)51-29-35(3)24-26-58(51)54(53)45-21-19-38(30-47(45)52-31-39(55(5,6)7)25-27-57(50)52)41-22-23-42(40-20-18-34(2)28-36(40)4)46-32-49(56-33-48(41)46)37-14-10-9-11-15-37/h8-33,50,53-54H,1H2,2-7H3/q+2. The van der Waals surface area contributed by atoms with Crippen molar-refractivity contribution in [1.29, 1.82) is 0 Å². The second-order valence-electron chi connectivity index (χ2n) is 17.5. The fourth-order valence-electron chi connectivity index (χ4n) is 9.85. The van der Waals surface area contributed by atoms with E-state index in [0.717, 1.165) is 16.6 Å². The summed E-state index contributed by atoms with van der Waals surface area (Å²) in [6.45, 7) is 18.0. The monoisotopic (exact) mass is 751 g/mol. The molecule has 3 heteroatoms. The van der Waals surface area contributed by atoms with Crippen LogP contribution in [0.1, 0.15) is 72.2 Å². The molecule has 3 unspecified atom stereocenters. The lowest BCUT2D eigenvalue weighted by Gasteiger charge is -2.31. The maximum Gasteiger partial charge on any atom is 0.213 e. The Hall–Kier alpha value is -6.45. The molecule has 0 aliphatic carbocycles. The highest BCUT2D eigenvalue weighted by molar-refractivity contribution is 6.06. The summed E-state index contributed by atoms with van der Waals surface area (Å²) in [5.74, 6) is 0.128. The van der Waals surface area contributed by atoms with Crippen LogP contribution in [0, 0.1) is 20.8 Å². The van der Waals surface area contributed by atoms with Gasteiger partial charge >= 0.3 is 0 Å². The minimum Gasteiger partial charge on any atom is -0.256 e. The first-order chi connectivity index (χ1) is 28.1. The highest BCUT2D eigenvalue weighted by atomic mass is 15.1. The Morgan fingerprint density at radius 3 is 2.09 bits per heavy atom. The summed E-state index contributed by atoms with van der Waals surface area (Å²) in [6.07, 6.45) is 8.91. The first-order valence-corrected chi connectivity index (χ1v) is 20.6. The second-order valence-corrected chi connectivity index (χ2v) is 17.5. The molecule has 0 amide bonds. The molecule has 3 atom stereocenters. The van der Waals surface area contributed by atoms with Gasteiger partial charge in [-0.1, -0.05) is 124 Å². The molecule has 8 aromatic rings. The third-order valence-electron chi connectivity index (χ3n) is 12.8. The van der Waals surface area contributed by atoms with Crippen LogP contribution >= 0.6 is 0 Å². The number of fused-ring (bicyclic) bond motifs is 11. The number of pyridine rings is 3. The first-order valence-electron chi connectivity index (χ1n) is 20.6. The number of benzene rings is 5. The van der Waals surface area contributed by atoms with Crippen molar-refractivity contribution in [3.05, 3.63) is 198 Å². The van der Waals surface area contributed by atoms with Crippen LogP contribution in [-0.4, -0.2) is 4.98 Å². The molecule has 10 rings (SSSR count). The van der Waals surface area contributed by atoms with Crippen molar-refractivity contribution >= 4 is 10.8 Å². The van der Waals surface area contributed by atoms with E-state index in [9.17, 15) is 0 Å². The number of nitrogens with zero attached hydrogens (tertiary/aromatic N) is 3. The SMILES string of the molecule is C=CC1C2c3ccccc3-c3cc(C)cc[n+]3C2c2ccc(-c3ccc(-c4ccc(C)cc4C)c4cc(-c5ccccc5)ncc34)cc2-c2cc(C(C)(C)C)cc[n+]21. The van der Waals surface area contributed by atoms with Crippen molar-refractivity contribution in [1.82, 2.24) is 4.98 Å². The third kappa shape index (κ3) is 5.75. The van der Waals surface area contributed by atoms with E-state index in [0.29, 0.717) is 0 Å². The maximum absolute atomic E-state index is 5.12. The predicted molar refractivity (Wildman–Crippen MR) is 239 cm³/mol. The molecule has 0 fully saturated rings. The van der Waals surface area contributed by atoms with E-state index < -0.39 is 0 Å². The Balaban J connectivity index is 1.25. The minimum atomic E-state index is -0.0240. The summed E-state index contributed by atoms with van der Waals surface area (Å²) >= 11 is 0. The van der Waals surface area contributed by atoms with Crippen LogP contribution in [-0.2, 0) is 5.41 Å². The molecule has 3 nitrogen and oxygen atoms in total. The summed E-state index contributed by atoms with van der Waals surface area (Å²) in [7, 11) is 0. The summed E-state index contributed by atoms with van der Waals surface area (Å²) in [6, 6.07) is 49.9. The Bertz CT molecular complexity index is 2950. The van der Waals surface area contributed by atoms with Crippen molar-refractivity contribution in [2.45, 2.75) is 65.0 Å². The number of aryl methyl sites for hydroxylation is 3. The van der Waals surface area contributed by atoms with Crippen molar-refractivity contribution in [2.75, 3.05) is 0 Å². The lowest BCUT2D eigenvalue weighted by molar-refractivity contribution is -0.739. The van der Waals surface area contributed by atoms with Gasteiger partial charge in [-0.15, -0.1) is 0 Å². The van der Waals surface area contributed by atoms with E-state index in [-0.39, 0.29) is 23.4 Å². The maximum atomic E-state index is 5.12. The summed E-state index contributed by atoms with van der Waals surface area (Å²) in [5.41, 5.74) is 19.7. The first kappa shape index (κ1) is 35.9. The van der Waals surface area contributed by atoms with E-state index in [1.165, 1.54) is 83.5 Å². The number of hydrogen-bond donors (Lipinski definition) is 0. The minimum absolute atomic E-state index is 0.0199. The molecule has 282 valence electrons. The number of allylic oxidation sites excluding steroid dienone is 1. The molecular formula is C55H49N3+2. The largest absolute Gasteiger partial charge is 0.256 e. The van der Waals surface area contributed by atoms with Gasteiger partial charge in [-0.3, -0.25) is 4.98 Å². The summed E-state index contributed by atoms with van der Waals surface area (Å²) in [5, 5.41) is 2.35. The molecule has 58 heavy (non-hydrogen) atoms. The van der Waals surface area contributed by atoms with E-state index in [2.05, 4.69) is 215 Å². The highest BCUT2D eigenvalue weighted by Crippen LogP contribution is 2.51. The molecule has 3 aromatic heterocycles. The van der Waals surface area contributed by atoms with E-state index in [1.54, 1.807) is 0 Å². The Morgan fingerprint density at radius 1 is 0.569 bits per heavy atom. The predicted octanol–water partition coefficient (Wildman–Crippen LogP) is 12.8. The van der Waals surface area contributed by atoms with Crippen molar-refractivity contribution in [3.63, 3.8) is 0 Å². The van der Waals surface area contributed by atoms with Crippen LogP contribution in [0.2, 0.25) is 0 Å². The number of rotatable bonds is 4. The molecule has 0 N–H and O–H groups in total. The lowest BCUT2D eigenvalue weighted by atomic mass is 9.75. The number of hydrogen-bond acceptors (Lipinski definition) is 1. The molecule has 5 aromatic carbocycles. The Labute approximate surface area is 342 Å². The third-order valence-corrected chi connectivity index (χ3v) is 12.8. The summed E-state index contributed by atoms with van der Waals surface area (Å²) in [4.78, 5) is 5.12. The highest BCUT2D eigenvalue weighted by Gasteiger charge is 2.51. The van der Waals surface area contributed by atoms with Gasteiger partial charge in [0.15, 0.2) is 24.5 Å². The fraction of sp³-hybridized carbons (Fsp3) is 0.182. The van der Waals surface area contributed by atoms with Gasteiger partial charge in [0.05, 0.1) is 16.8 Å². The molecule has 0 bridgehead atoms. The fourth-order valence-corrected chi connectivity index (χ4v) is 9.85. The van der Waals surface area contributed by atoms with Crippen LogP contribution < -0.4 is 9.13 Å². The van der Waals surface area contributed by atoms with Crippen LogP contribution in [0.4, 0.5) is 0 Å². The smallest absolute Gasteiger partial charge is 0.213 e. The van der Waals surface area contributed by atoms with Crippen LogP contribution in [0.5, 0.6) is 0 Å². The van der Waals surface area contributed by atoms with E-state index in [4.69, 9.17) is 4.98 Å². The molecule has 2 aliphatic rings. The average molecular weight is 752 g/mol. The molecule has 0 saturated carbocycles. The van der Waals surface area contributed by atoms with Crippen molar-refractivity contribution < 1.29 is 9.13 Å². The Kier molecular flexibility index (Phi) is 8.42. The molecule has 0 saturated heterocycles. The zero-order valence-electron chi connectivity index (χ0n) is 34.3. The topological polar surface area (TPSA) is 20.6 Å². The molecule has 2 aliphatic heterocycles. The van der Waals surface area contributed by atoms with Crippen molar-refractivity contribution in [2.24, 2.45) is 0 Å². The van der Waals surface area contributed by atoms with Gasteiger partial charge in [0.1, 0.15) is 5.92 Å². The van der Waals surface area contributed by atoms with Gasteiger partial charge in [-0.05, 0) is 100 Å². The summed E-state index contributed by atoms with van der Waals surface area (Å²) < 4.78 is 5.04. The zero-order valence-corrected chi connectivity index (χ0v) is 34.3. The van der Waals surface area contributed by atoms with Crippen LogP contribution in [0.25, 0.3) is 66.8 Å². The second kappa shape index (κ2) is 13.6. The van der Waals surface area contributed by atoms with Crippen LogP contribution in [0.3, 0.4) is 0 Å². The lowest BCUT2D eigenvalue weighted by Crippen LogP contribution is -2.52.